The SMILES string of the molecule is CC.CC(C)(C)NCc1cc(CNc2ccc(Oc3ccc(C(C)(C)C)cc3)cc2)c(C(=O)O)cc1C(=O)O. The fourth-order valence-corrected chi connectivity index (χ4v) is 3.74. The average molecular weight is 535 g/mol. The number of carboxylic acids is 2. The summed E-state index contributed by atoms with van der Waals surface area (Å²) < 4.78 is 5.95. The van der Waals surface area contributed by atoms with Crippen molar-refractivity contribution in [2.24, 2.45) is 0 Å². The Morgan fingerprint density at radius 3 is 1.62 bits per heavy atom. The van der Waals surface area contributed by atoms with E-state index in [9.17, 15) is 19.8 Å². The van der Waals surface area contributed by atoms with Gasteiger partial charge in [-0.05, 0) is 85.3 Å². The quantitative estimate of drug-likeness (QED) is 0.223. The van der Waals surface area contributed by atoms with Gasteiger partial charge in [0, 0.05) is 24.3 Å². The Balaban J connectivity index is 0.00000260. The summed E-state index contributed by atoms with van der Waals surface area (Å²) in [7, 11) is 0. The molecule has 0 saturated carbocycles. The molecule has 7 nitrogen and oxygen atoms in total. The first kappa shape index (κ1) is 31.4. The minimum Gasteiger partial charge on any atom is -0.478 e. The summed E-state index contributed by atoms with van der Waals surface area (Å²) in [6.45, 7) is 17.0. The van der Waals surface area contributed by atoms with E-state index < -0.39 is 11.9 Å². The third-order valence-electron chi connectivity index (χ3n) is 5.89. The summed E-state index contributed by atoms with van der Waals surface area (Å²) in [6, 6.07) is 18.3. The maximum absolute atomic E-state index is 11.9. The number of hydrogen-bond acceptors (Lipinski definition) is 5. The molecular weight excluding hydrogens is 492 g/mol. The second-order valence-corrected chi connectivity index (χ2v) is 11.1. The molecule has 0 heterocycles. The third kappa shape index (κ3) is 9.45. The molecule has 7 heteroatoms. The van der Waals surface area contributed by atoms with Crippen molar-refractivity contribution in [1.29, 1.82) is 0 Å². The van der Waals surface area contributed by atoms with Crippen LogP contribution in [0.5, 0.6) is 11.5 Å². The van der Waals surface area contributed by atoms with Crippen molar-refractivity contribution in [2.75, 3.05) is 5.32 Å². The molecule has 0 aliphatic heterocycles. The van der Waals surface area contributed by atoms with Crippen LogP contribution in [0.3, 0.4) is 0 Å². The van der Waals surface area contributed by atoms with Crippen LogP contribution < -0.4 is 15.4 Å². The van der Waals surface area contributed by atoms with Crippen molar-refractivity contribution < 1.29 is 24.5 Å². The van der Waals surface area contributed by atoms with Gasteiger partial charge in [0.05, 0.1) is 11.1 Å². The molecule has 0 amide bonds. The minimum absolute atomic E-state index is 0.0186. The van der Waals surface area contributed by atoms with E-state index in [4.69, 9.17) is 4.74 Å². The molecule has 0 aliphatic carbocycles. The molecule has 0 atom stereocenters. The first-order valence-corrected chi connectivity index (χ1v) is 13.2. The second-order valence-electron chi connectivity index (χ2n) is 11.1. The molecule has 4 N–H and O–H groups in total. The molecule has 3 rings (SSSR count). The Morgan fingerprint density at radius 2 is 1.18 bits per heavy atom. The Kier molecular flexibility index (Phi) is 10.7. The summed E-state index contributed by atoms with van der Waals surface area (Å²) >= 11 is 0. The second kappa shape index (κ2) is 13.3. The summed E-state index contributed by atoms with van der Waals surface area (Å²) in [5.41, 5.74) is 2.84. The summed E-state index contributed by atoms with van der Waals surface area (Å²) in [4.78, 5) is 23.7. The number of carboxylic acid groups (broad SMARTS) is 2. The number of rotatable bonds is 9. The maximum Gasteiger partial charge on any atom is 0.336 e. The number of hydrogen-bond donors (Lipinski definition) is 4. The lowest BCUT2D eigenvalue weighted by atomic mass is 9.87. The highest BCUT2D eigenvalue weighted by Crippen LogP contribution is 2.28. The summed E-state index contributed by atoms with van der Waals surface area (Å²) in [5, 5.41) is 25.8. The van der Waals surface area contributed by atoms with Crippen LogP contribution >= 0.6 is 0 Å². The van der Waals surface area contributed by atoms with E-state index in [1.165, 1.54) is 11.6 Å². The van der Waals surface area contributed by atoms with Crippen molar-refractivity contribution in [3.8, 4) is 11.5 Å². The molecule has 0 bridgehead atoms. The maximum atomic E-state index is 11.9. The van der Waals surface area contributed by atoms with Crippen LogP contribution in [-0.2, 0) is 18.5 Å². The first-order valence-electron chi connectivity index (χ1n) is 13.2. The van der Waals surface area contributed by atoms with Crippen LogP contribution in [-0.4, -0.2) is 27.7 Å². The highest BCUT2D eigenvalue weighted by Gasteiger charge is 2.20. The lowest BCUT2D eigenvalue weighted by molar-refractivity contribution is 0.0694. The number of aromatic carboxylic acids is 2. The zero-order chi connectivity index (χ0) is 29.4. The number of benzene rings is 3. The smallest absolute Gasteiger partial charge is 0.336 e. The zero-order valence-corrected chi connectivity index (χ0v) is 24.3. The van der Waals surface area contributed by atoms with Crippen molar-refractivity contribution in [1.82, 2.24) is 5.32 Å². The van der Waals surface area contributed by atoms with E-state index in [-0.39, 0.29) is 28.6 Å². The number of carbonyl (C=O) groups is 2. The Hall–Kier alpha value is -3.84. The van der Waals surface area contributed by atoms with E-state index in [2.05, 4.69) is 43.5 Å². The monoisotopic (exact) mass is 534 g/mol. The van der Waals surface area contributed by atoms with Gasteiger partial charge in [-0.25, -0.2) is 9.59 Å². The van der Waals surface area contributed by atoms with Gasteiger partial charge in [-0.2, -0.15) is 0 Å². The fraction of sp³-hybridized carbons (Fsp3) is 0.375. The predicted octanol–water partition coefficient (Wildman–Crippen LogP) is 7.70. The molecular formula is C32H42N2O5. The van der Waals surface area contributed by atoms with Gasteiger partial charge in [-0.1, -0.05) is 52.8 Å². The van der Waals surface area contributed by atoms with Gasteiger partial charge in [-0.3, -0.25) is 0 Å². The summed E-state index contributed by atoms with van der Waals surface area (Å²) in [6.07, 6.45) is 0. The van der Waals surface area contributed by atoms with E-state index in [0.717, 1.165) is 11.4 Å². The molecule has 0 spiro atoms. The standard InChI is InChI=1S/C30H36N2O5.C2H6/c1-29(2,3)21-7-11-23(12-8-21)37-24-13-9-22(10-14-24)31-17-19-15-20(18-32-30(4,5)6)26(28(35)36)16-25(19)27(33)34;1-2/h7-16,31-32H,17-18H2,1-6H3,(H,33,34)(H,35,36);1-2H3. The van der Waals surface area contributed by atoms with E-state index in [0.29, 0.717) is 23.4 Å². The van der Waals surface area contributed by atoms with Crippen molar-refractivity contribution in [2.45, 2.75) is 79.4 Å². The van der Waals surface area contributed by atoms with Gasteiger partial charge >= 0.3 is 11.9 Å². The van der Waals surface area contributed by atoms with E-state index in [1.54, 1.807) is 6.07 Å². The number of nitrogens with one attached hydrogen (secondary N) is 2. The van der Waals surface area contributed by atoms with Crippen LogP contribution in [0.2, 0.25) is 0 Å². The Bertz CT molecular complexity index is 1250. The number of ether oxygens (including phenoxy) is 1. The molecule has 0 fully saturated rings. The fourth-order valence-electron chi connectivity index (χ4n) is 3.74. The minimum atomic E-state index is -1.17. The molecule has 3 aromatic carbocycles. The highest BCUT2D eigenvalue weighted by molar-refractivity contribution is 5.96. The number of anilines is 1. The van der Waals surface area contributed by atoms with E-state index in [1.807, 2.05) is 71.0 Å². The van der Waals surface area contributed by atoms with Crippen LogP contribution in [0, 0.1) is 0 Å². The van der Waals surface area contributed by atoms with Crippen LogP contribution in [0.15, 0.2) is 60.7 Å². The average Bonchev–Trinajstić information content (AvgIpc) is 2.87. The third-order valence-corrected chi connectivity index (χ3v) is 5.89. The topological polar surface area (TPSA) is 108 Å². The van der Waals surface area contributed by atoms with Gasteiger partial charge in [0.25, 0.3) is 0 Å². The summed E-state index contributed by atoms with van der Waals surface area (Å²) in [5.74, 6) is -0.899. The van der Waals surface area contributed by atoms with Crippen molar-refractivity contribution in [3.63, 3.8) is 0 Å². The van der Waals surface area contributed by atoms with Crippen molar-refractivity contribution >= 4 is 17.6 Å². The van der Waals surface area contributed by atoms with Gasteiger partial charge in [0.1, 0.15) is 11.5 Å². The van der Waals surface area contributed by atoms with Gasteiger partial charge < -0.3 is 25.6 Å². The van der Waals surface area contributed by atoms with Crippen molar-refractivity contribution in [3.05, 3.63) is 88.5 Å². The molecule has 3 aromatic rings. The molecule has 0 aliphatic rings. The molecule has 0 saturated heterocycles. The van der Waals surface area contributed by atoms with E-state index >= 15 is 0 Å². The highest BCUT2D eigenvalue weighted by atomic mass is 16.5. The molecule has 0 radical (unpaired) electrons. The Morgan fingerprint density at radius 1 is 0.718 bits per heavy atom. The normalized spacial score (nSPS) is 11.3. The largest absolute Gasteiger partial charge is 0.478 e. The molecule has 0 unspecified atom stereocenters. The van der Waals surface area contributed by atoms with Gasteiger partial charge in [0.15, 0.2) is 0 Å². The molecule has 210 valence electrons. The van der Waals surface area contributed by atoms with Crippen LogP contribution in [0.4, 0.5) is 5.69 Å². The Labute approximate surface area is 232 Å². The van der Waals surface area contributed by atoms with Crippen LogP contribution in [0.1, 0.15) is 92.8 Å². The van der Waals surface area contributed by atoms with Crippen LogP contribution in [0.25, 0.3) is 0 Å². The van der Waals surface area contributed by atoms with Gasteiger partial charge in [-0.15, -0.1) is 0 Å². The predicted molar refractivity (Wildman–Crippen MR) is 157 cm³/mol. The molecule has 39 heavy (non-hydrogen) atoms. The molecule has 0 aromatic heterocycles. The van der Waals surface area contributed by atoms with Gasteiger partial charge in [0.2, 0.25) is 0 Å². The first-order chi connectivity index (χ1) is 18.2. The lowest BCUT2D eigenvalue weighted by Gasteiger charge is -2.22. The lowest BCUT2D eigenvalue weighted by Crippen LogP contribution is -2.35. The zero-order valence-electron chi connectivity index (χ0n) is 24.3.